The van der Waals surface area contributed by atoms with Crippen molar-refractivity contribution in [2.75, 3.05) is 6.54 Å². The third-order valence-electron chi connectivity index (χ3n) is 4.94. The highest BCUT2D eigenvalue weighted by Crippen LogP contribution is 2.42. The molecule has 0 radical (unpaired) electrons. The van der Waals surface area contributed by atoms with Crippen molar-refractivity contribution in [3.05, 3.63) is 48.4 Å². The predicted molar refractivity (Wildman–Crippen MR) is 83.7 cm³/mol. The SMILES string of the molecule is Cn1ncc(C(=O)NC[C@H]2C[C@H]3C=C[C@H]2C3)c1-n1cccc1. The van der Waals surface area contributed by atoms with Crippen molar-refractivity contribution in [3.8, 4) is 5.82 Å². The van der Waals surface area contributed by atoms with Crippen molar-refractivity contribution >= 4 is 5.91 Å². The smallest absolute Gasteiger partial charge is 0.256 e. The molecular formula is C17H20N4O. The lowest BCUT2D eigenvalue weighted by Crippen LogP contribution is -2.31. The number of nitrogens with zero attached hydrogens (tertiary/aromatic N) is 3. The van der Waals surface area contributed by atoms with E-state index in [1.165, 1.54) is 12.8 Å². The minimum absolute atomic E-state index is 0.0384. The Morgan fingerprint density at radius 2 is 2.14 bits per heavy atom. The van der Waals surface area contributed by atoms with Gasteiger partial charge in [-0.3, -0.25) is 9.48 Å². The molecule has 1 N–H and O–H groups in total. The molecule has 2 bridgehead atoms. The summed E-state index contributed by atoms with van der Waals surface area (Å²) in [6.45, 7) is 0.754. The Morgan fingerprint density at radius 3 is 2.82 bits per heavy atom. The summed E-state index contributed by atoms with van der Waals surface area (Å²) in [7, 11) is 1.85. The first-order chi connectivity index (χ1) is 10.7. The molecule has 0 unspecified atom stereocenters. The first-order valence-corrected chi connectivity index (χ1v) is 7.84. The van der Waals surface area contributed by atoms with E-state index in [9.17, 15) is 4.79 Å². The molecule has 22 heavy (non-hydrogen) atoms. The van der Waals surface area contributed by atoms with Crippen LogP contribution in [-0.2, 0) is 7.05 Å². The molecule has 2 aromatic heterocycles. The average Bonchev–Trinajstić information content (AvgIpc) is 3.27. The Kier molecular flexibility index (Phi) is 3.13. The van der Waals surface area contributed by atoms with Gasteiger partial charge in [-0.15, -0.1) is 0 Å². The Hall–Kier alpha value is -2.30. The second-order valence-corrected chi connectivity index (χ2v) is 6.35. The molecule has 2 aromatic rings. The normalized spacial score (nSPS) is 25.8. The van der Waals surface area contributed by atoms with E-state index in [1.807, 2.05) is 36.1 Å². The third kappa shape index (κ3) is 2.17. The van der Waals surface area contributed by atoms with Gasteiger partial charge in [-0.25, -0.2) is 0 Å². The average molecular weight is 296 g/mol. The van der Waals surface area contributed by atoms with E-state index in [0.29, 0.717) is 17.4 Å². The van der Waals surface area contributed by atoms with Crippen LogP contribution in [0.1, 0.15) is 23.2 Å². The maximum atomic E-state index is 12.5. The van der Waals surface area contributed by atoms with Crippen molar-refractivity contribution < 1.29 is 4.79 Å². The zero-order valence-corrected chi connectivity index (χ0v) is 12.6. The molecule has 2 heterocycles. The molecule has 5 heteroatoms. The first-order valence-electron chi connectivity index (χ1n) is 7.84. The van der Waals surface area contributed by atoms with Crippen molar-refractivity contribution in [2.24, 2.45) is 24.8 Å². The van der Waals surface area contributed by atoms with Crippen molar-refractivity contribution in [3.63, 3.8) is 0 Å². The zero-order valence-electron chi connectivity index (χ0n) is 12.6. The standard InChI is InChI=1S/C17H20N4O/c1-20-17(21-6-2-3-7-21)15(11-19-20)16(22)18-10-14-9-12-4-5-13(14)8-12/h2-7,11-14H,8-10H2,1H3,(H,18,22)/t12-,13-,14+/m0/s1. The van der Waals surface area contributed by atoms with Gasteiger partial charge in [0.15, 0.2) is 0 Å². The van der Waals surface area contributed by atoms with Crippen LogP contribution in [0.25, 0.3) is 5.82 Å². The quantitative estimate of drug-likeness (QED) is 0.879. The highest BCUT2D eigenvalue weighted by Gasteiger charge is 2.35. The number of nitrogens with one attached hydrogen (secondary N) is 1. The van der Waals surface area contributed by atoms with Gasteiger partial charge in [0.2, 0.25) is 0 Å². The molecule has 0 aromatic carbocycles. The van der Waals surface area contributed by atoms with Gasteiger partial charge in [0.05, 0.1) is 6.20 Å². The molecule has 1 saturated carbocycles. The van der Waals surface area contributed by atoms with Gasteiger partial charge >= 0.3 is 0 Å². The van der Waals surface area contributed by atoms with Gasteiger partial charge in [-0.05, 0) is 42.7 Å². The van der Waals surface area contributed by atoms with E-state index < -0.39 is 0 Å². The van der Waals surface area contributed by atoms with Crippen LogP contribution in [0.15, 0.2) is 42.9 Å². The van der Waals surface area contributed by atoms with Gasteiger partial charge in [0.25, 0.3) is 5.91 Å². The van der Waals surface area contributed by atoms with Crippen LogP contribution in [0.4, 0.5) is 0 Å². The summed E-state index contributed by atoms with van der Waals surface area (Å²) in [6, 6.07) is 3.88. The number of aromatic nitrogens is 3. The minimum Gasteiger partial charge on any atom is -0.352 e. The maximum absolute atomic E-state index is 12.5. The molecule has 1 amide bonds. The summed E-state index contributed by atoms with van der Waals surface area (Å²) >= 11 is 0. The number of carbonyl (C=O) groups is 1. The van der Waals surface area contributed by atoms with Gasteiger partial charge < -0.3 is 9.88 Å². The second-order valence-electron chi connectivity index (χ2n) is 6.35. The van der Waals surface area contributed by atoms with Crippen LogP contribution in [0.2, 0.25) is 0 Å². The fraction of sp³-hybridized carbons (Fsp3) is 0.412. The molecule has 0 spiro atoms. The molecule has 3 atom stereocenters. The summed E-state index contributed by atoms with van der Waals surface area (Å²) in [4.78, 5) is 12.5. The number of carbonyl (C=O) groups excluding carboxylic acids is 1. The van der Waals surface area contributed by atoms with Gasteiger partial charge in [-0.2, -0.15) is 5.10 Å². The topological polar surface area (TPSA) is 51.9 Å². The van der Waals surface area contributed by atoms with E-state index in [0.717, 1.165) is 18.3 Å². The Bertz CT molecular complexity index is 713. The molecule has 114 valence electrons. The van der Waals surface area contributed by atoms with Crippen LogP contribution in [0.5, 0.6) is 0 Å². The molecule has 0 saturated heterocycles. The largest absolute Gasteiger partial charge is 0.352 e. The molecular weight excluding hydrogens is 276 g/mol. The Labute approximate surface area is 129 Å². The summed E-state index contributed by atoms with van der Waals surface area (Å²) in [5.41, 5.74) is 0.623. The monoisotopic (exact) mass is 296 g/mol. The maximum Gasteiger partial charge on any atom is 0.256 e. The Balaban J connectivity index is 1.48. The van der Waals surface area contributed by atoms with Gasteiger partial charge in [-0.1, -0.05) is 12.2 Å². The number of allylic oxidation sites excluding steroid dienone is 2. The van der Waals surface area contributed by atoms with Crippen molar-refractivity contribution in [2.45, 2.75) is 12.8 Å². The summed E-state index contributed by atoms with van der Waals surface area (Å²) in [5.74, 6) is 2.74. The van der Waals surface area contributed by atoms with E-state index in [4.69, 9.17) is 0 Å². The summed E-state index contributed by atoms with van der Waals surface area (Å²) in [5, 5.41) is 7.34. The molecule has 0 aliphatic heterocycles. The fourth-order valence-electron chi connectivity index (χ4n) is 3.82. The predicted octanol–water partition coefficient (Wildman–Crippen LogP) is 2.15. The number of aryl methyl sites for hydroxylation is 1. The first kappa shape index (κ1) is 13.4. The highest BCUT2D eigenvalue weighted by atomic mass is 16.1. The van der Waals surface area contributed by atoms with Crippen molar-refractivity contribution in [1.82, 2.24) is 19.7 Å². The summed E-state index contributed by atoms with van der Waals surface area (Å²) in [6.07, 6.45) is 12.6. The lowest BCUT2D eigenvalue weighted by atomic mass is 9.93. The van der Waals surface area contributed by atoms with Crippen LogP contribution >= 0.6 is 0 Å². The zero-order chi connectivity index (χ0) is 15.1. The van der Waals surface area contributed by atoms with E-state index in [2.05, 4.69) is 22.6 Å². The second kappa shape index (κ2) is 5.16. The molecule has 2 aliphatic carbocycles. The van der Waals surface area contributed by atoms with Crippen LogP contribution < -0.4 is 5.32 Å². The number of amides is 1. The fourth-order valence-corrected chi connectivity index (χ4v) is 3.82. The van der Waals surface area contributed by atoms with Crippen LogP contribution in [0, 0.1) is 17.8 Å². The van der Waals surface area contributed by atoms with E-state index in [-0.39, 0.29) is 5.91 Å². The highest BCUT2D eigenvalue weighted by molar-refractivity contribution is 5.97. The molecule has 1 fully saturated rings. The lowest BCUT2D eigenvalue weighted by Gasteiger charge is -2.18. The molecule has 4 rings (SSSR count). The van der Waals surface area contributed by atoms with Crippen LogP contribution in [0.3, 0.4) is 0 Å². The minimum atomic E-state index is -0.0384. The van der Waals surface area contributed by atoms with Crippen molar-refractivity contribution in [1.29, 1.82) is 0 Å². The number of hydrogen-bond acceptors (Lipinski definition) is 2. The van der Waals surface area contributed by atoms with E-state index in [1.54, 1.807) is 10.9 Å². The molecule has 2 aliphatic rings. The van der Waals surface area contributed by atoms with Crippen LogP contribution in [-0.4, -0.2) is 26.8 Å². The number of hydrogen-bond donors (Lipinski definition) is 1. The summed E-state index contributed by atoms with van der Waals surface area (Å²) < 4.78 is 3.65. The lowest BCUT2D eigenvalue weighted by molar-refractivity contribution is 0.0945. The van der Waals surface area contributed by atoms with Gasteiger partial charge in [0, 0.05) is 26.0 Å². The van der Waals surface area contributed by atoms with Gasteiger partial charge in [0.1, 0.15) is 11.4 Å². The third-order valence-corrected chi connectivity index (χ3v) is 4.94. The number of fused-ring (bicyclic) bond motifs is 2. The van der Waals surface area contributed by atoms with E-state index >= 15 is 0 Å². The number of rotatable bonds is 4. The Morgan fingerprint density at radius 1 is 1.32 bits per heavy atom. The molecule has 5 nitrogen and oxygen atoms in total.